The molecular formula is C20H16ClN3O8S2. The van der Waals surface area contributed by atoms with Crippen LogP contribution in [-0.2, 0) is 10.0 Å². The molecule has 0 saturated carbocycles. The highest BCUT2D eigenvalue weighted by atomic mass is 35.5. The first-order chi connectivity index (χ1) is 16.2. The molecule has 0 unspecified atom stereocenters. The Morgan fingerprint density at radius 2 is 2.06 bits per heavy atom. The zero-order chi connectivity index (χ0) is 24.5. The van der Waals surface area contributed by atoms with Crippen LogP contribution in [0.4, 0.5) is 15.6 Å². The highest BCUT2D eigenvalue weighted by Crippen LogP contribution is 2.39. The molecule has 0 spiro atoms. The van der Waals surface area contributed by atoms with Gasteiger partial charge < -0.3 is 19.3 Å². The molecule has 0 radical (unpaired) electrons. The number of carbonyl (C=O) groups is 2. The third-order valence-electron chi connectivity index (χ3n) is 4.63. The van der Waals surface area contributed by atoms with Gasteiger partial charge in [0.25, 0.3) is 15.9 Å². The van der Waals surface area contributed by atoms with E-state index < -0.39 is 22.1 Å². The summed E-state index contributed by atoms with van der Waals surface area (Å²) < 4.78 is 43.4. The van der Waals surface area contributed by atoms with Gasteiger partial charge in [-0.05, 0) is 36.4 Å². The van der Waals surface area contributed by atoms with E-state index in [4.69, 9.17) is 26.2 Å². The summed E-state index contributed by atoms with van der Waals surface area (Å²) in [5.74, 6) is -0.380. The number of carbonyl (C=O) groups excluding carboxylic acids is 1. The topological polar surface area (TPSA) is 144 Å². The highest BCUT2D eigenvalue weighted by molar-refractivity contribution is 7.93. The second-order valence-electron chi connectivity index (χ2n) is 6.72. The molecule has 1 aromatic heterocycles. The van der Waals surface area contributed by atoms with Crippen molar-refractivity contribution in [1.29, 1.82) is 0 Å². The Morgan fingerprint density at radius 3 is 2.79 bits per heavy atom. The summed E-state index contributed by atoms with van der Waals surface area (Å²) in [5.41, 5.74) is 0.286. The van der Waals surface area contributed by atoms with Crippen molar-refractivity contribution in [3.63, 3.8) is 0 Å². The Labute approximate surface area is 202 Å². The molecule has 11 nitrogen and oxygen atoms in total. The average molecular weight is 526 g/mol. The summed E-state index contributed by atoms with van der Waals surface area (Å²) in [6, 6.07) is 8.59. The van der Waals surface area contributed by atoms with Crippen molar-refractivity contribution < 1.29 is 37.3 Å². The minimum Gasteiger partial charge on any atom is -0.495 e. The first-order valence-corrected chi connectivity index (χ1v) is 12.2. The lowest BCUT2D eigenvalue weighted by Crippen LogP contribution is -2.38. The molecule has 0 aliphatic carbocycles. The number of fused-ring (bicyclic) bond motifs is 1. The largest absolute Gasteiger partial charge is 0.512 e. The lowest BCUT2D eigenvalue weighted by molar-refractivity contribution is 0.102. The van der Waals surface area contributed by atoms with E-state index in [2.05, 4.69) is 15.0 Å². The Morgan fingerprint density at radius 1 is 1.26 bits per heavy atom. The summed E-state index contributed by atoms with van der Waals surface area (Å²) in [5, 5.41) is 12.8. The summed E-state index contributed by atoms with van der Waals surface area (Å²) in [7, 11) is -2.77. The van der Waals surface area contributed by atoms with Crippen molar-refractivity contribution in [1.82, 2.24) is 4.98 Å². The first kappa shape index (κ1) is 23.6. The first-order valence-electron chi connectivity index (χ1n) is 9.50. The lowest BCUT2D eigenvalue weighted by Gasteiger charge is -2.31. The fraction of sp³-hybridized carbons (Fsp3) is 0.150. The molecule has 34 heavy (non-hydrogen) atoms. The van der Waals surface area contributed by atoms with Gasteiger partial charge in [0.2, 0.25) is 5.88 Å². The maximum absolute atomic E-state index is 13.5. The molecule has 2 heterocycles. The van der Waals surface area contributed by atoms with Crippen LogP contribution in [0.5, 0.6) is 17.4 Å². The number of aromatic nitrogens is 1. The number of amides is 1. The van der Waals surface area contributed by atoms with Crippen LogP contribution in [0, 0.1) is 0 Å². The molecule has 178 valence electrons. The Bertz CT molecular complexity index is 1380. The molecule has 0 fully saturated rings. The van der Waals surface area contributed by atoms with Gasteiger partial charge in [-0.25, -0.2) is 13.2 Å². The normalized spacial score (nSPS) is 12.9. The van der Waals surface area contributed by atoms with E-state index >= 15 is 0 Å². The van der Waals surface area contributed by atoms with Crippen molar-refractivity contribution in [2.24, 2.45) is 0 Å². The summed E-state index contributed by atoms with van der Waals surface area (Å²) >= 11 is 6.99. The molecule has 1 aliphatic heterocycles. The maximum atomic E-state index is 13.5. The summed E-state index contributed by atoms with van der Waals surface area (Å²) in [6.07, 6.45) is -1.53. The average Bonchev–Trinajstić information content (AvgIpc) is 3.24. The van der Waals surface area contributed by atoms with Gasteiger partial charge in [0, 0.05) is 10.6 Å². The number of hydrogen-bond donors (Lipinski definition) is 2. The predicted octanol–water partition coefficient (Wildman–Crippen LogP) is 3.70. The zero-order valence-corrected chi connectivity index (χ0v) is 19.7. The molecule has 0 saturated heterocycles. The van der Waals surface area contributed by atoms with Gasteiger partial charge in [0.15, 0.2) is 5.13 Å². The summed E-state index contributed by atoms with van der Waals surface area (Å²) in [4.78, 5) is 27.1. The van der Waals surface area contributed by atoms with E-state index in [1.54, 1.807) is 0 Å². The minimum atomic E-state index is -4.12. The van der Waals surface area contributed by atoms with Gasteiger partial charge in [0.05, 0.1) is 24.7 Å². The predicted molar refractivity (Wildman–Crippen MR) is 123 cm³/mol. The van der Waals surface area contributed by atoms with Crippen molar-refractivity contribution >= 4 is 55.8 Å². The van der Waals surface area contributed by atoms with Crippen molar-refractivity contribution in [3.8, 4) is 17.4 Å². The van der Waals surface area contributed by atoms with Gasteiger partial charge in [-0.1, -0.05) is 11.6 Å². The number of carboxylic acid groups (broad SMARTS) is 1. The van der Waals surface area contributed by atoms with Crippen LogP contribution in [0.25, 0.3) is 0 Å². The highest BCUT2D eigenvalue weighted by Gasteiger charge is 2.33. The number of halogens is 1. The van der Waals surface area contributed by atoms with E-state index in [1.165, 1.54) is 48.9 Å². The molecule has 1 aliphatic rings. The van der Waals surface area contributed by atoms with Crippen LogP contribution in [0.15, 0.2) is 46.7 Å². The molecule has 4 rings (SSSR count). The second-order valence-corrected chi connectivity index (χ2v) is 9.84. The lowest BCUT2D eigenvalue weighted by atomic mass is 10.1. The molecular weight excluding hydrogens is 510 g/mol. The molecule has 2 aromatic carbocycles. The van der Waals surface area contributed by atoms with E-state index in [0.29, 0.717) is 0 Å². The number of rotatable bonds is 6. The zero-order valence-electron chi connectivity index (χ0n) is 17.3. The Kier molecular flexibility index (Phi) is 6.50. The number of anilines is 2. The van der Waals surface area contributed by atoms with Crippen molar-refractivity contribution in [3.05, 3.63) is 52.4 Å². The van der Waals surface area contributed by atoms with Crippen molar-refractivity contribution in [2.75, 3.05) is 29.9 Å². The van der Waals surface area contributed by atoms with E-state index in [1.807, 2.05) is 0 Å². The van der Waals surface area contributed by atoms with Crippen LogP contribution in [0.3, 0.4) is 0 Å². The Hall–Kier alpha value is -3.55. The molecule has 2 N–H and O–H groups in total. The van der Waals surface area contributed by atoms with E-state index in [9.17, 15) is 18.0 Å². The van der Waals surface area contributed by atoms with Crippen LogP contribution in [0.2, 0.25) is 5.02 Å². The number of thiazole rings is 1. The molecule has 14 heteroatoms. The number of ether oxygens (including phenoxy) is 3. The van der Waals surface area contributed by atoms with Crippen LogP contribution in [-0.4, -0.2) is 50.8 Å². The smallest absolute Gasteiger partial charge is 0.495 e. The number of methoxy groups -OCH3 is 1. The molecule has 0 atom stereocenters. The molecule has 0 bridgehead atoms. The third-order valence-corrected chi connectivity index (χ3v) is 7.44. The quantitative estimate of drug-likeness (QED) is 0.460. The fourth-order valence-electron chi connectivity index (χ4n) is 3.18. The summed E-state index contributed by atoms with van der Waals surface area (Å²) in [6.45, 7) is 0.102. The van der Waals surface area contributed by atoms with E-state index in [0.717, 1.165) is 15.6 Å². The fourth-order valence-corrected chi connectivity index (χ4v) is 5.66. The van der Waals surface area contributed by atoms with Crippen LogP contribution in [0.1, 0.15) is 10.4 Å². The van der Waals surface area contributed by atoms with Crippen LogP contribution < -0.4 is 23.8 Å². The number of sulfonamides is 1. The SMILES string of the molecule is COc1ccc(Cl)cc1S(=O)(=O)N1CCOc2ccc(C(=O)Nc3nc(OC(=O)O)cs3)cc21. The Balaban J connectivity index is 1.65. The molecule has 3 aromatic rings. The second kappa shape index (κ2) is 9.37. The minimum absolute atomic E-state index is 0.00155. The van der Waals surface area contributed by atoms with Crippen molar-refractivity contribution in [2.45, 2.75) is 4.90 Å². The number of benzene rings is 2. The number of nitrogens with zero attached hydrogens (tertiary/aromatic N) is 2. The van der Waals surface area contributed by atoms with Gasteiger partial charge in [0.1, 0.15) is 23.0 Å². The van der Waals surface area contributed by atoms with Gasteiger partial charge in [-0.3, -0.25) is 14.4 Å². The third kappa shape index (κ3) is 4.71. The van der Waals surface area contributed by atoms with E-state index in [-0.39, 0.29) is 56.8 Å². The maximum Gasteiger partial charge on any atom is 0.512 e. The van der Waals surface area contributed by atoms with Gasteiger partial charge >= 0.3 is 6.16 Å². The number of nitrogens with one attached hydrogen (secondary N) is 1. The van der Waals surface area contributed by atoms with Gasteiger partial charge in [-0.2, -0.15) is 4.98 Å². The number of hydrogen-bond acceptors (Lipinski definition) is 9. The standard InChI is InChI=1S/C20H16ClN3O8S2/c1-30-15-5-3-12(21)9-16(15)34(28,29)24-6-7-31-14-4-2-11(8-13(14)24)18(25)23-19-22-17(10-33-19)32-20(26)27/h2-5,8-10H,6-7H2,1H3,(H,26,27)(H,22,23,25). The van der Waals surface area contributed by atoms with Crippen LogP contribution >= 0.6 is 22.9 Å². The monoisotopic (exact) mass is 525 g/mol. The van der Waals surface area contributed by atoms with Gasteiger partial charge in [-0.15, -0.1) is 11.3 Å². The molecule has 1 amide bonds.